The standard InChI is InChI=1S/C20H20N6O4S/c27-19(25-16-12-31-18(23-16)14-4-7-21-8-5-14)24-15-2-1-3-17(22-15)30-11-13-6-9-26(10-13)20(28)29/h1-5,7-8,12-13H,6,9-11H2,(H,28,29)(H2,22,24,25,27). The van der Waals surface area contributed by atoms with Crippen molar-refractivity contribution in [3.63, 3.8) is 0 Å². The molecule has 4 heterocycles. The maximum atomic E-state index is 12.3. The number of hydrogen-bond acceptors (Lipinski definition) is 7. The van der Waals surface area contributed by atoms with E-state index in [4.69, 9.17) is 9.84 Å². The number of anilines is 2. The number of carbonyl (C=O) groups is 2. The summed E-state index contributed by atoms with van der Waals surface area (Å²) in [6.07, 6.45) is 3.21. The van der Waals surface area contributed by atoms with E-state index in [1.54, 1.807) is 36.0 Å². The Bertz CT molecular complexity index is 1060. The molecule has 1 atom stereocenters. The van der Waals surface area contributed by atoms with Crippen molar-refractivity contribution in [1.29, 1.82) is 0 Å². The largest absolute Gasteiger partial charge is 0.477 e. The highest BCUT2D eigenvalue weighted by Crippen LogP contribution is 2.25. The van der Waals surface area contributed by atoms with E-state index in [-0.39, 0.29) is 5.92 Å². The van der Waals surface area contributed by atoms with Gasteiger partial charge in [0, 0.05) is 48.4 Å². The molecule has 0 bridgehead atoms. The van der Waals surface area contributed by atoms with Gasteiger partial charge in [-0.25, -0.2) is 14.6 Å². The molecule has 1 unspecified atom stereocenters. The second kappa shape index (κ2) is 9.39. The first kappa shape index (κ1) is 20.5. The van der Waals surface area contributed by atoms with Crippen molar-refractivity contribution in [2.24, 2.45) is 5.92 Å². The van der Waals surface area contributed by atoms with Crippen LogP contribution in [0.2, 0.25) is 0 Å². The minimum atomic E-state index is -0.911. The van der Waals surface area contributed by atoms with Crippen molar-refractivity contribution in [3.05, 3.63) is 48.1 Å². The summed E-state index contributed by atoms with van der Waals surface area (Å²) in [5, 5.41) is 16.9. The predicted octanol–water partition coefficient (Wildman–Crippen LogP) is 3.62. The minimum absolute atomic E-state index is 0.122. The lowest BCUT2D eigenvalue weighted by molar-refractivity contribution is 0.151. The molecule has 0 aromatic carbocycles. The van der Waals surface area contributed by atoms with Gasteiger partial charge in [-0.15, -0.1) is 11.3 Å². The average molecular weight is 440 g/mol. The van der Waals surface area contributed by atoms with Crippen molar-refractivity contribution in [2.45, 2.75) is 6.42 Å². The number of nitrogens with zero attached hydrogens (tertiary/aromatic N) is 4. The van der Waals surface area contributed by atoms with Crippen molar-refractivity contribution in [1.82, 2.24) is 19.9 Å². The third-order valence-corrected chi connectivity index (χ3v) is 5.55. The monoisotopic (exact) mass is 440 g/mol. The number of urea groups is 1. The van der Waals surface area contributed by atoms with Crippen LogP contribution in [0.25, 0.3) is 10.6 Å². The van der Waals surface area contributed by atoms with Crippen LogP contribution in [0.4, 0.5) is 21.2 Å². The topological polar surface area (TPSA) is 130 Å². The molecule has 0 aliphatic carbocycles. The molecule has 160 valence electrons. The summed E-state index contributed by atoms with van der Waals surface area (Å²) in [5.41, 5.74) is 0.925. The molecule has 0 radical (unpaired) electrons. The first-order valence-electron chi connectivity index (χ1n) is 9.58. The Kier molecular flexibility index (Phi) is 6.22. The molecule has 0 saturated carbocycles. The molecule has 10 nitrogen and oxygen atoms in total. The number of thiazole rings is 1. The van der Waals surface area contributed by atoms with Crippen LogP contribution in [0.1, 0.15) is 6.42 Å². The highest BCUT2D eigenvalue weighted by molar-refractivity contribution is 7.13. The number of carboxylic acid groups (broad SMARTS) is 1. The quantitative estimate of drug-likeness (QED) is 0.534. The van der Waals surface area contributed by atoms with Crippen LogP contribution >= 0.6 is 11.3 Å². The highest BCUT2D eigenvalue weighted by Gasteiger charge is 2.26. The van der Waals surface area contributed by atoms with Gasteiger partial charge in [0.25, 0.3) is 0 Å². The highest BCUT2D eigenvalue weighted by atomic mass is 32.1. The number of amides is 3. The summed E-state index contributed by atoms with van der Waals surface area (Å²) in [6.45, 7) is 1.33. The molecule has 3 aromatic rings. The van der Waals surface area contributed by atoms with E-state index in [0.717, 1.165) is 17.0 Å². The summed E-state index contributed by atoms with van der Waals surface area (Å²) in [6, 6.07) is 8.29. The summed E-state index contributed by atoms with van der Waals surface area (Å²) < 4.78 is 5.69. The van der Waals surface area contributed by atoms with E-state index >= 15 is 0 Å². The van der Waals surface area contributed by atoms with Crippen LogP contribution in [-0.4, -0.2) is 56.8 Å². The lowest BCUT2D eigenvalue weighted by atomic mass is 10.1. The summed E-state index contributed by atoms with van der Waals surface area (Å²) in [5.74, 6) is 1.25. The zero-order chi connectivity index (χ0) is 21.6. The van der Waals surface area contributed by atoms with Gasteiger partial charge in [-0.05, 0) is 24.6 Å². The molecule has 1 fully saturated rings. The SMILES string of the molecule is O=C(Nc1cccc(OCC2CCN(C(=O)O)C2)n1)Nc1csc(-c2ccncc2)n1. The van der Waals surface area contributed by atoms with Crippen LogP contribution in [0.3, 0.4) is 0 Å². The molecule has 11 heteroatoms. The molecule has 3 amide bonds. The Hall–Kier alpha value is -3.73. The average Bonchev–Trinajstić information content (AvgIpc) is 3.43. The first-order chi connectivity index (χ1) is 15.1. The number of likely N-dealkylation sites (tertiary alicyclic amines) is 1. The van der Waals surface area contributed by atoms with E-state index in [0.29, 0.717) is 37.2 Å². The fraction of sp³-hybridized carbons (Fsp3) is 0.250. The normalized spacial score (nSPS) is 15.5. The summed E-state index contributed by atoms with van der Waals surface area (Å²) >= 11 is 1.42. The Morgan fingerprint density at radius 2 is 1.97 bits per heavy atom. The van der Waals surface area contributed by atoms with Gasteiger partial charge in [-0.1, -0.05) is 6.07 Å². The molecular weight excluding hydrogens is 420 g/mol. The van der Waals surface area contributed by atoms with Crippen LogP contribution in [0.15, 0.2) is 48.1 Å². The van der Waals surface area contributed by atoms with Gasteiger partial charge in [0.15, 0.2) is 0 Å². The second-order valence-electron chi connectivity index (χ2n) is 6.91. The molecular formula is C20H20N6O4S. The lowest BCUT2D eigenvalue weighted by Crippen LogP contribution is -2.27. The van der Waals surface area contributed by atoms with Crippen molar-refractivity contribution in [2.75, 3.05) is 30.3 Å². The van der Waals surface area contributed by atoms with Gasteiger partial charge in [-0.3, -0.25) is 15.6 Å². The Morgan fingerprint density at radius 1 is 1.16 bits per heavy atom. The number of carbonyl (C=O) groups excluding carboxylic acids is 1. The smallest absolute Gasteiger partial charge is 0.407 e. The fourth-order valence-corrected chi connectivity index (χ4v) is 3.89. The third-order valence-electron chi connectivity index (χ3n) is 4.66. The Balaban J connectivity index is 1.29. The molecule has 4 rings (SSSR count). The third kappa shape index (κ3) is 5.45. The minimum Gasteiger partial charge on any atom is -0.477 e. The summed E-state index contributed by atoms with van der Waals surface area (Å²) in [4.78, 5) is 37.3. The molecule has 0 spiro atoms. The molecule has 1 aliphatic rings. The van der Waals surface area contributed by atoms with E-state index in [2.05, 4.69) is 25.6 Å². The lowest BCUT2D eigenvalue weighted by Gasteiger charge is -2.13. The van der Waals surface area contributed by atoms with E-state index in [1.807, 2.05) is 12.1 Å². The van der Waals surface area contributed by atoms with E-state index < -0.39 is 12.1 Å². The van der Waals surface area contributed by atoms with Gasteiger partial charge in [-0.2, -0.15) is 4.98 Å². The van der Waals surface area contributed by atoms with Crippen molar-refractivity contribution in [3.8, 4) is 16.5 Å². The molecule has 3 aromatic heterocycles. The number of ether oxygens (including phenoxy) is 1. The molecule has 1 aliphatic heterocycles. The predicted molar refractivity (Wildman–Crippen MR) is 115 cm³/mol. The maximum Gasteiger partial charge on any atom is 0.407 e. The van der Waals surface area contributed by atoms with E-state index in [9.17, 15) is 9.59 Å². The number of nitrogens with one attached hydrogen (secondary N) is 2. The van der Waals surface area contributed by atoms with Crippen LogP contribution in [0.5, 0.6) is 5.88 Å². The second-order valence-corrected chi connectivity index (χ2v) is 7.77. The van der Waals surface area contributed by atoms with Crippen molar-refractivity contribution < 1.29 is 19.4 Å². The molecule has 3 N–H and O–H groups in total. The Morgan fingerprint density at radius 3 is 2.74 bits per heavy atom. The van der Waals surface area contributed by atoms with Crippen LogP contribution in [-0.2, 0) is 0 Å². The number of hydrogen-bond donors (Lipinski definition) is 3. The van der Waals surface area contributed by atoms with E-state index in [1.165, 1.54) is 16.2 Å². The van der Waals surface area contributed by atoms with Gasteiger partial charge in [0.1, 0.15) is 16.6 Å². The van der Waals surface area contributed by atoms with Gasteiger partial charge in [0.2, 0.25) is 5.88 Å². The molecule has 31 heavy (non-hydrogen) atoms. The van der Waals surface area contributed by atoms with Crippen LogP contribution in [0, 0.1) is 5.92 Å². The van der Waals surface area contributed by atoms with Crippen LogP contribution < -0.4 is 15.4 Å². The molecule has 1 saturated heterocycles. The number of rotatable bonds is 6. The fourth-order valence-electron chi connectivity index (χ4n) is 3.13. The number of pyridine rings is 2. The first-order valence-corrected chi connectivity index (χ1v) is 10.5. The zero-order valence-corrected chi connectivity index (χ0v) is 17.2. The maximum absolute atomic E-state index is 12.3. The summed E-state index contributed by atoms with van der Waals surface area (Å²) in [7, 11) is 0. The van der Waals surface area contributed by atoms with Crippen molar-refractivity contribution >= 4 is 35.1 Å². The van der Waals surface area contributed by atoms with Gasteiger partial charge in [0.05, 0.1) is 6.61 Å². The Labute approximate surface area is 181 Å². The van der Waals surface area contributed by atoms with Gasteiger partial charge >= 0.3 is 12.1 Å². The number of aromatic nitrogens is 3. The van der Waals surface area contributed by atoms with Gasteiger partial charge < -0.3 is 14.7 Å². The zero-order valence-electron chi connectivity index (χ0n) is 16.4.